The second-order valence-electron chi connectivity index (χ2n) is 36.6. The van der Waals surface area contributed by atoms with Crippen molar-refractivity contribution in [2.75, 3.05) is 0 Å². The van der Waals surface area contributed by atoms with Crippen molar-refractivity contribution in [2.24, 2.45) is 28.2 Å². The van der Waals surface area contributed by atoms with Crippen LogP contribution in [0.1, 0.15) is 70.0 Å². The Bertz CT molecular complexity index is 6260. The van der Waals surface area contributed by atoms with Crippen LogP contribution in [0.25, 0.3) is 131 Å². The summed E-state index contributed by atoms with van der Waals surface area (Å²) in [7, 11) is 3.38. The molecule has 17 rings (SSSR count). The maximum atomic E-state index is 5.68. The third-order valence-electron chi connectivity index (χ3n) is 24.2. The SMILES string of the molecule is Cc1cc2c(cc1-c1c3ccc([Si](C)(C)C)cc3cc(C)[n+]1C)C(C)(C)c1ccccc1-2.Cc1cc2ccccc2cc1-c1c2ccc([Si](C)(C)C)cc2cc(C)[n+]1C.Cc1cc2ccoc2cc1-c1c2ccc([Si](C)(C)C)cc2cc(C)[n+]1C.Cc1cc2ccsc2cc1-c1c2ccc([Si](C)(C)C)cc2cc(C)[n+]1C. The van der Waals surface area contributed by atoms with E-state index in [9.17, 15) is 0 Å². The highest BCUT2D eigenvalue weighted by molar-refractivity contribution is 7.17. The molecule has 0 N–H and O–H groups in total. The molecule has 6 aromatic heterocycles. The van der Waals surface area contributed by atoms with Crippen LogP contribution in [0.5, 0.6) is 0 Å². The summed E-state index contributed by atoms with van der Waals surface area (Å²) in [6, 6.07) is 78.2. The maximum absolute atomic E-state index is 5.68. The topological polar surface area (TPSA) is 28.7 Å². The molecular formula is C101H114N4OSSi4+4. The third kappa shape index (κ3) is 14.8. The summed E-state index contributed by atoms with van der Waals surface area (Å²) in [6.45, 7) is 51.5. The van der Waals surface area contributed by atoms with Crippen molar-refractivity contribution in [1.82, 2.24) is 0 Å². The smallest absolute Gasteiger partial charge is 0.220 e. The lowest BCUT2D eigenvalue weighted by Crippen LogP contribution is -2.38. The number of pyridine rings is 4. The van der Waals surface area contributed by atoms with Crippen molar-refractivity contribution in [3.8, 4) is 56.2 Å². The first kappa shape index (κ1) is 78.2. The molecule has 0 radical (unpaired) electrons. The number of nitrogens with zero attached hydrogens (tertiary/aromatic N) is 4. The summed E-state index contributed by atoms with van der Waals surface area (Å²) < 4.78 is 16.4. The van der Waals surface area contributed by atoms with E-state index < -0.39 is 32.3 Å². The maximum Gasteiger partial charge on any atom is 0.220 e. The molecule has 0 spiro atoms. The van der Waals surface area contributed by atoms with Crippen LogP contribution in [-0.2, 0) is 33.6 Å². The fraction of sp³-hybridized carbons (Fsp3) is 0.267. The van der Waals surface area contributed by atoms with Crippen molar-refractivity contribution < 1.29 is 22.7 Å². The quantitative estimate of drug-likeness (QED) is 0.110. The van der Waals surface area contributed by atoms with Crippen LogP contribution < -0.4 is 39.0 Å². The van der Waals surface area contributed by atoms with E-state index >= 15 is 0 Å². The second-order valence-corrected chi connectivity index (χ2v) is 57.9. The van der Waals surface area contributed by atoms with Gasteiger partial charge in [0.2, 0.25) is 22.8 Å². The molecule has 5 nitrogen and oxygen atoms in total. The monoisotopic (exact) mass is 1540 g/mol. The minimum Gasteiger partial charge on any atom is -0.464 e. The minimum absolute atomic E-state index is 0.0115. The molecule has 111 heavy (non-hydrogen) atoms. The summed E-state index contributed by atoms with van der Waals surface area (Å²) in [5.74, 6) is 0. The van der Waals surface area contributed by atoms with Gasteiger partial charge in [-0.1, -0.05) is 222 Å². The van der Waals surface area contributed by atoms with E-state index in [1.807, 2.05) is 17.4 Å². The highest BCUT2D eigenvalue weighted by Gasteiger charge is 2.37. The van der Waals surface area contributed by atoms with Gasteiger partial charge in [0.15, 0.2) is 22.8 Å². The van der Waals surface area contributed by atoms with Crippen LogP contribution in [0.3, 0.4) is 0 Å². The Kier molecular flexibility index (Phi) is 20.6. The van der Waals surface area contributed by atoms with Gasteiger partial charge in [0, 0.05) is 67.5 Å². The summed E-state index contributed by atoms with van der Waals surface area (Å²) in [6.07, 6.45) is 1.77. The molecule has 10 heteroatoms. The van der Waals surface area contributed by atoms with Gasteiger partial charge >= 0.3 is 0 Å². The molecule has 0 bridgehead atoms. The number of fused-ring (bicyclic) bond motifs is 10. The highest BCUT2D eigenvalue weighted by atomic mass is 32.1. The Morgan fingerprint density at radius 2 is 0.640 bits per heavy atom. The average molecular weight is 1540 g/mol. The largest absolute Gasteiger partial charge is 0.464 e. The molecule has 1 aliphatic carbocycles. The molecule has 6 heterocycles. The molecule has 0 fully saturated rings. The number of rotatable bonds is 8. The predicted molar refractivity (Wildman–Crippen MR) is 492 cm³/mol. The van der Waals surface area contributed by atoms with Gasteiger partial charge in [0.05, 0.1) is 82.4 Å². The number of hydrogen-bond acceptors (Lipinski definition) is 2. The number of thiophene rings is 1. The summed E-state index contributed by atoms with van der Waals surface area (Å²) >= 11 is 1.82. The minimum atomic E-state index is -1.37. The van der Waals surface area contributed by atoms with Gasteiger partial charge in [-0.15, -0.1) is 11.3 Å². The molecular weight excluding hydrogens is 1430 g/mol. The van der Waals surface area contributed by atoms with Gasteiger partial charge in [0.1, 0.15) is 33.8 Å². The van der Waals surface area contributed by atoms with Gasteiger partial charge in [-0.05, 0) is 188 Å². The molecule has 0 unspecified atom stereocenters. The Labute approximate surface area is 668 Å². The first-order valence-electron chi connectivity index (χ1n) is 39.7. The van der Waals surface area contributed by atoms with E-state index in [1.165, 1.54) is 197 Å². The molecule has 0 saturated carbocycles. The molecule has 16 aromatic rings. The van der Waals surface area contributed by atoms with Crippen LogP contribution >= 0.6 is 11.3 Å². The van der Waals surface area contributed by atoms with E-state index in [1.54, 1.807) is 6.26 Å². The van der Waals surface area contributed by atoms with E-state index in [2.05, 4.69) is 400 Å². The Morgan fingerprint density at radius 1 is 0.288 bits per heavy atom. The van der Waals surface area contributed by atoms with Crippen LogP contribution in [0.2, 0.25) is 78.6 Å². The fourth-order valence-electron chi connectivity index (χ4n) is 17.0. The van der Waals surface area contributed by atoms with Crippen molar-refractivity contribution in [3.05, 3.63) is 274 Å². The molecule has 1 aliphatic rings. The zero-order valence-electron chi connectivity index (χ0n) is 70.9. The lowest BCUT2D eigenvalue weighted by molar-refractivity contribution is -0.665. The molecule has 0 atom stereocenters. The van der Waals surface area contributed by atoms with Gasteiger partial charge in [-0.25, -0.2) is 0 Å². The normalized spacial score (nSPS) is 12.8. The van der Waals surface area contributed by atoms with E-state index in [0.717, 1.165) is 11.0 Å². The van der Waals surface area contributed by atoms with Gasteiger partial charge < -0.3 is 4.42 Å². The van der Waals surface area contributed by atoms with Crippen molar-refractivity contribution in [2.45, 2.75) is 153 Å². The summed E-state index contributed by atoms with van der Waals surface area (Å²) in [5, 5.41) is 24.1. The van der Waals surface area contributed by atoms with Crippen LogP contribution in [0.15, 0.2) is 222 Å². The standard InChI is InChI=1S/C30H34NSi.C25H28NSi.C23H26NOSi.C23H26NSSi/c1-19-15-26-24-11-9-10-12-27(24)30(3,4)28(26)18-25(19)29-23-14-13-22(32(6,7)8)17-21(23)16-20(2)31(29)5;1-17-13-19-9-7-8-10-20(19)16-24(17)25-23-12-11-22(27(4,5)6)15-21(23)14-18(2)26(25)3;2*1-15-11-17-9-10-25-22(17)14-21(15)23-20-8-7-19(26(4,5)6)13-18(20)12-16(2)24(23)3/h9-18H,1-8H3;7-16H,1-6H3;2*7-14H,1-6H3/q4*+1. The average Bonchev–Trinajstić information content (AvgIpc) is 1.70. The Morgan fingerprint density at radius 3 is 1.06 bits per heavy atom. The third-order valence-corrected chi connectivity index (χ3v) is 33.3. The molecule has 0 aliphatic heterocycles. The second kappa shape index (κ2) is 29.2. The van der Waals surface area contributed by atoms with Gasteiger partial charge in [0.25, 0.3) is 0 Å². The van der Waals surface area contributed by atoms with Crippen LogP contribution in [0.4, 0.5) is 0 Å². The molecule has 562 valence electrons. The molecule has 0 amide bonds. The number of benzene rings is 10. The summed E-state index contributed by atoms with van der Waals surface area (Å²) in [5.41, 5.74) is 27.5. The highest BCUT2D eigenvalue weighted by Crippen LogP contribution is 2.51. The molecule has 10 aromatic carbocycles. The number of furan rings is 1. The fourth-order valence-corrected chi connectivity index (χ4v) is 22.5. The van der Waals surface area contributed by atoms with Gasteiger partial charge in [-0.2, -0.15) is 18.3 Å². The Hall–Kier alpha value is -9.53. The van der Waals surface area contributed by atoms with Crippen LogP contribution in [-0.4, -0.2) is 32.3 Å². The van der Waals surface area contributed by atoms with E-state index in [4.69, 9.17) is 4.42 Å². The first-order chi connectivity index (χ1) is 52.3. The Balaban J connectivity index is 0.000000124. The summed E-state index contributed by atoms with van der Waals surface area (Å²) in [4.78, 5) is 0. The zero-order chi connectivity index (χ0) is 79.6. The van der Waals surface area contributed by atoms with E-state index in [0.29, 0.717) is 0 Å². The van der Waals surface area contributed by atoms with Crippen molar-refractivity contribution in [3.63, 3.8) is 0 Å². The van der Waals surface area contributed by atoms with Crippen LogP contribution in [0, 0.1) is 55.4 Å². The number of aryl methyl sites for hydroxylation is 8. The lowest BCUT2D eigenvalue weighted by Gasteiger charge is -2.22. The zero-order valence-corrected chi connectivity index (χ0v) is 75.7. The van der Waals surface area contributed by atoms with Crippen molar-refractivity contribution >= 4 is 139 Å². The molecule has 0 saturated heterocycles. The lowest BCUT2D eigenvalue weighted by atomic mass is 9.81. The van der Waals surface area contributed by atoms with Crippen molar-refractivity contribution in [1.29, 1.82) is 0 Å². The first-order valence-corrected chi connectivity index (χ1v) is 54.6. The van der Waals surface area contributed by atoms with E-state index in [-0.39, 0.29) is 5.41 Å². The number of aromatic nitrogens is 4. The predicted octanol–water partition coefficient (Wildman–Crippen LogP) is 23.4. The number of hydrogen-bond donors (Lipinski definition) is 0. The van der Waals surface area contributed by atoms with Gasteiger partial charge in [-0.3, -0.25) is 0 Å².